The summed E-state index contributed by atoms with van der Waals surface area (Å²) in [6, 6.07) is 1.72. The fourth-order valence-corrected chi connectivity index (χ4v) is 1.58. The van der Waals surface area contributed by atoms with Crippen molar-refractivity contribution >= 4 is 17.4 Å². The van der Waals surface area contributed by atoms with Gasteiger partial charge in [0, 0.05) is 25.1 Å². The average Bonchev–Trinajstić information content (AvgIpc) is 2.26. The summed E-state index contributed by atoms with van der Waals surface area (Å²) in [5.74, 6) is 2.15. The third kappa shape index (κ3) is 4.88. The van der Waals surface area contributed by atoms with Crippen LogP contribution in [0.2, 0.25) is 5.15 Å². The first-order valence-corrected chi connectivity index (χ1v) is 6.30. The van der Waals surface area contributed by atoms with Crippen molar-refractivity contribution in [2.45, 2.75) is 33.1 Å². The van der Waals surface area contributed by atoms with E-state index in [1.165, 1.54) is 0 Å². The molecule has 1 heterocycles. The van der Waals surface area contributed by atoms with Crippen LogP contribution in [0.25, 0.3) is 0 Å². The third-order valence-electron chi connectivity index (χ3n) is 2.48. The van der Waals surface area contributed by atoms with Crippen LogP contribution in [-0.2, 0) is 0 Å². The minimum absolute atomic E-state index is 0.213. The van der Waals surface area contributed by atoms with Gasteiger partial charge in [-0.15, -0.1) is 0 Å². The van der Waals surface area contributed by atoms with Gasteiger partial charge >= 0.3 is 0 Å². The predicted molar refractivity (Wildman–Crippen MR) is 70.5 cm³/mol. The van der Waals surface area contributed by atoms with Crippen molar-refractivity contribution in [2.75, 3.05) is 18.5 Å². The minimum atomic E-state index is 0.213. The summed E-state index contributed by atoms with van der Waals surface area (Å²) < 4.78 is 0. The lowest BCUT2D eigenvalue weighted by molar-refractivity contribution is 0.266. The van der Waals surface area contributed by atoms with Gasteiger partial charge in [0.2, 0.25) is 0 Å². The van der Waals surface area contributed by atoms with Crippen LogP contribution in [0.4, 0.5) is 5.82 Å². The smallest absolute Gasteiger partial charge is 0.135 e. The second-order valence-corrected chi connectivity index (χ2v) is 4.97. The van der Waals surface area contributed by atoms with Crippen molar-refractivity contribution in [1.82, 2.24) is 9.97 Å². The molecule has 1 rings (SSSR count). The highest BCUT2D eigenvalue weighted by atomic mass is 35.5. The van der Waals surface area contributed by atoms with Crippen LogP contribution in [0.1, 0.15) is 38.9 Å². The first-order chi connectivity index (χ1) is 8.02. The van der Waals surface area contributed by atoms with Gasteiger partial charge in [-0.1, -0.05) is 32.4 Å². The second-order valence-electron chi connectivity index (χ2n) is 4.59. The molecule has 0 aliphatic heterocycles. The zero-order valence-corrected chi connectivity index (χ0v) is 11.3. The summed E-state index contributed by atoms with van der Waals surface area (Å²) in [7, 11) is 0. The Morgan fingerprint density at radius 2 is 2.06 bits per heavy atom. The van der Waals surface area contributed by atoms with E-state index in [0.29, 0.717) is 11.1 Å². The van der Waals surface area contributed by atoms with E-state index >= 15 is 0 Å². The van der Waals surface area contributed by atoms with Crippen LogP contribution >= 0.6 is 11.6 Å². The number of aliphatic hydroxyl groups excluding tert-OH is 1. The van der Waals surface area contributed by atoms with Gasteiger partial charge in [-0.2, -0.15) is 0 Å². The van der Waals surface area contributed by atoms with E-state index in [1.54, 1.807) is 6.07 Å². The van der Waals surface area contributed by atoms with Gasteiger partial charge in [-0.05, 0) is 12.3 Å². The van der Waals surface area contributed by atoms with Crippen molar-refractivity contribution in [3.63, 3.8) is 0 Å². The summed E-state index contributed by atoms with van der Waals surface area (Å²) in [5, 5.41) is 12.5. The topological polar surface area (TPSA) is 58.0 Å². The molecule has 0 fully saturated rings. The molecule has 1 atom stereocenters. The maximum Gasteiger partial charge on any atom is 0.135 e. The molecule has 5 heteroatoms. The Morgan fingerprint density at radius 3 is 2.65 bits per heavy atom. The van der Waals surface area contributed by atoms with Crippen molar-refractivity contribution in [2.24, 2.45) is 5.92 Å². The fourth-order valence-electron chi connectivity index (χ4n) is 1.39. The number of nitrogens with one attached hydrogen (secondary N) is 1. The molecule has 0 bridgehead atoms. The zero-order chi connectivity index (χ0) is 12.8. The maximum atomic E-state index is 8.82. The Morgan fingerprint density at radius 1 is 1.35 bits per heavy atom. The molecule has 0 aliphatic rings. The highest BCUT2D eigenvalue weighted by Crippen LogP contribution is 2.17. The molecule has 2 N–H and O–H groups in total. The summed E-state index contributed by atoms with van der Waals surface area (Å²) in [4.78, 5) is 8.57. The molecule has 4 nitrogen and oxygen atoms in total. The van der Waals surface area contributed by atoms with Crippen molar-refractivity contribution in [3.8, 4) is 0 Å². The van der Waals surface area contributed by atoms with Crippen LogP contribution in [0.15, 0.2) is 6.07 Å². The number of anilines is 1. The molecule has 1 aromatic rings. The molecule has 1 aromatic heterocycles. The van der Waals surface area contributed by atoms with Crippen LogP contribution in [0.5, 0.6) is 0 Å². The largest absolute Gasteiger partial charge is 0.396 e. The SMILES string of the molecule is CC(CCO)CNc1cc(Cl)nc(C(C)C)n1. The summed E-state index contributed by atoms with van der Waals surface area (Å²) in [6.07, 6.45) is 0.781. The van der Waals surface area contributed by atoms with Crippen LogP contribution in [0.3, 0.4) is 0 Å². The van der Waals surface area contributed by atoms with Gasteiger partial charge in [0.05, 0.1) is 0 Å². The van der Waals surface area contributed by atoms with Gasteiger partial charge in [0.25, 0.3) is 0 Å². The molecule has 0 aliphatic carbocycles. The molecule has 0 radical (unpaired) electrons. The number of hydrogen-bond donors (Lipinski definition) is 2. The van der Waals surface area contributed by atoms with Crippen LogP contribution in [-0.4, -0.2) is 28.2 Å². The Kier molecular flexibility index (Phi) is 5.65. The van der Waals surface area contributed by atoms with E-state index in [-0.39, 0.29) is 12.5 Å². The molecule has 0 saturated carbocycles. The van der Waals surface area contributed by atoms with Gasteiger partial charge < -0.3 is 10.4 Å². The number of halogens is 1. The van der Waals surface area contributed by atoms with Gasteiger partial charge in [0.1, 0.15) is 16.8 Å². The van der Waals surface area contributed by atoms with Gasteiger partial charge in [-0.25, -0.2) is 9.97 Å². The maximum absolute atomic E-state index is 8.82. The lowest BCUT2D eigenvalue weighted by Crippen LogP contribution is -2.14. The van der Waals surface area contributed by atoms with Gasteiger partial charge in [-0.3, -0.25) is 0 Å². The molecule has 0 saturated heterocycles. The fraction of sp³-hybridized carbons (Fsp3) is 0.667. The Bertz CT molecular complexity index is 358. The lowest BCUT2D eigenvalue weighted by Gasteiger charge is -2.13. The minimum Gasteiger partial charge on any atom is -0.396 e. The standard InChI is InChI=1S/C12H20ClN3O/c1-8(2)12-15-10(13)6-11(16-12)14-7-9(3)4-5-17/h6,8-9,17H,4-5,7H2,1-3H3,(H,14,15,16). The normalized spacial score (nSPS) is 12.8. The summed E-state index contributed by atoms with van der Waals surface area (Å²) in [6.45, 7) is 7.12. The van der Waals surface area contributed by atoms with E-state index < -0.39 is 0 Å². The highest BCUT2D eigenvalue weighted by Gasteiger charge is 2.08. The molecule has 96 valence electrons. The molecule has 17 heavy (non-hydrogen) atoms. The van der Waals surface area contributed by atoms with Crippen molar-refractivity contribution in [3.05, 3.63) is 17.0 Å². The van der Waals surface area contributed by atoms with Crippen molar-refractivity contribution < 1.29 is 5.11 Å². The predicted octanol–water partition coefficient (Wildman–Crippen LogP) is 2.68. The quantitative estimate of drug-likeness (QED) is 0.770. The average molecular weight is 258 g/mol. The summed E-state index contributed by atoms with van der Waals surface area (Å²) in [5.41, 5.74) is 0. The van der Waals surface area contributed by atoms with E-state index in [0.717, 1.165) is 24.6 Å². The Balaban J connectivity index is 2.64. The van der Waals surface area contributed by atoms with E-state index in [9.17, 15) is 0 Å². The summed E-state index contributed by atoms with van der Waals surface area (Å²) >= 11 is 5.94. The monoisotopic (exact) mass is 257 g/mol. The second kappa shape index (κ2) is 6.77. The van der Waals surface area contributed by atoms with Crippen LogP contribution in [0, 0.1) is 5.92 Å². The molecule has 0 amide bonds. The lowest BCUT2D eigenvalue weighted by atomic mass is 10.1. The first kappa shape index (κ1) is 14.2. The highest BCUT2D eigenvalue weighted by molar-refractivity contribution is 6.29. The van der Waals surface area contributed by atoms with Gasteiger partial charge in [0.15, 0.2) is 0 Å². The number of nitrogens with zero attached hydrogens (tertiary/aromatic N) is 2. The number of aromatic nitrogens is 2. The number of aliphatic hydroxyl groups is 1. The van der Waals surface area contributed by atoms with E-state index in [1.807, 2.05) is 13.8 Å². The number of hydrogen-bond acceptors (Lipinski definition) is 4. The molecule has 0 spiro atoms. The van der Waals surface area contributed by atoms with E-state index in [4.69, 9.17) is 16.7 Å². The molecular formula is C12H20ClN3O. The number of rotatable bonds is 6. The molecular weight excluding hydrogens is 238 g/mol. The molecule has 1 unspecified atom stereocenters. The third-order valence-corrected chi connectivity index (χ3v) is 2.68. The van der Waals surface area contributed by atoms with Crippen molar-refractivity contribution in [1.29, 1.82) is 0 Å². The van der Waals surface area contributed by atoms with E-state index in [2.05, 4.69) is 22.2 Å². The Labute approximate surface area is 107 Å². The molecule has 0 aromatic carbocycles. The first-order valence-electron chi connectivity index (χ1n) is 5.92. The van der Waals surface area contributed by atoms with Crippen LogP contribution < -0.4 is 5.32 Å². The zero-order valence-electron chi connectivity index (χ0n) is 10.6. The Hall–Kier alpha value is -0.870.